The number of likely N-dealkylation sites (tertiary alicyclic amines) is 1. The summed E-state index contributed by atoms with van der Waals surface area (Å²) in [6.45, 7) is 3.75. The first kappa shape index (κ1) is 16.3. The van der Waals surface area contributed by atoms with Crippen molar-refractivity contribution in [1.82, 2.24) is 9.80 Å². The first-order chi connectivity index (χ1) is 11.0. The van der Waals surface area contributed by atoms with Gasteiger partial charge in [-0.25, -0.2) is 0 Å². The molecule has 2 aliphatic rings. The van der Waals surface area contributed by atoms with Crippen LogP contribution in [0.3, 0.4) is 0 Å². The molecule has 3 rings (SSSR count). The van der Waals surface area contributed by atoms with E-state index in [1.165, 1.54) is 11.8 Å². The third kappa shape index (κ3) is 3.23. The predicted molar refractivity (Wildman–Crippen MR) is 93.0 cm³/mol. The molecule has 2 amide bonds. The SMILES string of the molecule is CC[C@H]1CN(C(=O)c2ccc3c(c2)NC(=O)CS3)C[C@@H]1N(C)C. The van der Waals surface area contributed by atoms with E-state index in [0.29, 0.717) is 23.3 Å². The number of rotatable bonds is 3. The number of likely N-dealkylation sites (N-methyl/N-ethyl adjacent to an activating group) is 1. The second-order valence-electron chi connectivity index (χ2n) is 6.46. The van der Waals surface area contributed by atoms with Crippen molar-refractivity contribution in [3.8, 4) is 0 Å². The van der Waals surface area contributed by atoms with Crippen molar-refractivity contribution in [1.29, 1.82) is 0 Å². The number of amides is 2. The smallest absolute Gasteiger partial charge is 0.253 e. The molecule has 2 atom stereocenters. The molecule has 1 saturated heterocycles. The molecule has 23 heavy (non-hydrogen) atoms. The summed E-state index contributed by atoms with van der Waals surface area (Å²) < 4.78 is 0. The summed E-state index contributed by atoms with van der Waals surface area (Å²) in [5.74, 6) is 1.00. The van der Waals surface area contributed by atoms with Gasteiger partial charge in [-0.3, -0.25) is 9.59 Å². The number of benzene rings is 1. The number of nitrogens with zero attached hydrogens (tertiary/aromatic N) is 2. The Hall–Kier alpha value is -1.53. The third-order valence-electron chi connectivity index (χ3n) is 4.74. The van der Waals surface area contributed by atoms with Crippen LogP contribution in [0.25, 0.3) is 0 Å². The van der Waals surface area contributed by atoms with Crippen LogP contribution >= 0.6 is 11.8 Å². The molecule has 0 spiro atoms. The lowest BCUT2D eigenvalue weighted by molar-refractivity contribution is -0.113. The minimum absolute atomic E-state index is 0.00742. The van der Waals surface area contributed by atoms with Crippen LogP contribution in [0.4, 0.5) is 5.69 Å². The maximum atomic E-state index is 12.8. The van der Waals surface area contributed by atoms with Crippen LogP contribution in [-0.2, 0) is 4.79 Å². The van der Waals surface area contributed by atoms with Crippen molar-refractivity contribution in [3.05, 3.63) is 23.8 Å². The van der Waals surface area contributed by atoms with E-state index in [0.717, 1.165) is 30.1 Å². The molecule has 6 heteroatoms. The summed E-state index contributed by atoms with van der Waals surface area (Å²) in [6, 6.07) is 6.03. The van der Waals surface area contributed by atoms with Gasteiger partial charge in [0.15, 0.2) is 0 Å². The van der Waals surface area contributed by atoms with Crippen molar-refractivity contribution in [2.75, 3.05) is 38.3 Å². The monoisotopic (exact) mass is 333 g/mol. The Balaban J connectivity index is 1.79. The number of hydrogen-bond acceptors (Lipinski definition) is 4. The van der Waals surface area contributed by atoms with Crippen molar-refractivity contribution < 1.29 is 9.59 Å². The van der Waals surface area contributed by atoms with Gasteiger partial charge < -0.3 is 15.1 Å². The highest BCUT2D eigenvalue weighted by atomic mass is 32.2. The molecule has 1 aromatic rings. The summed E-state index contributed by atoms with van der Waals surface area (Å²) in [5, 5.41) is 2.85. The van der Waals surface area contributed by atoms with Crippen molar-refractivity contribution in [3.63, 3.8) is 0 Å². The zero-order valence-electron chi connectivity index (χ0n) is 13.8. The molecular formula is C17H23N3O2S. The first-order valence-electron chi connectivity index (χ1n) is 8.02. The summed E-state index contributed by atoms with van der Waals surface area (Å²) in [5.41, 5.74) is 1.41. The van der Waals surface area contributed by atoms with Gasteiger partial charge in [0.1, 0.15) is 0 Å². The number of hydrogen-bond donors (Lipinski definition) is 1. The molecule has 0 aromatic heterocycles. The molecule has 0 radical (unpaired) electrons. The average Bonchev–Trinajstić information content (AvgIpc) is 2.98. The van der Waals surface area contributed by atoms with E-state index >= 15 is 0 Å². The standard InChI is InChI=1S/C17H23N3O2S/c1-4-11-8-20(9-14(11)19(2)3)17(22)12-5-6-15-13(7-12)18-16(21)10-23-15/h5-7,11,14H,4,8-10H2,1-3H3,(H,18,21)/t11-,14-/m0/s1. The number of anilines is 1. The van der Waals surface area contributed by atoms with Gasteiger partial charge >= 0.3 is 0 Å². The Kier molecular flexibility index (Phi) is 4.64. The number of carbonyl (C=O) groups is 2. The third-order valence-corrected chi connectivity index (χ3v) is 5.81. The van der Waals surface area contributed by atoms with Gasteiger partial charge in [0.05, 0.1) is 11.4 Å². The summed E-state index contributed by atoms with van der Waals surface area (Å²) in [6.07, 6.45) is 1.07. The highest BCUT2D eigenvalue weighted by molar-refractivity contribution is 8.00. The topological polar surface area (TPSA) is 52.7 Å². The van der Waals surface area contributed by atoms with Gasteiger partial charge in [-0.15, -0.1) is 11.8 Å². The number of thioether (sulfide) groups is 1. The Morgan fingerprint density at radius 3 is 2.83 bits per heavy atom. The van der Waals surface area contributed by atoms with E-state index in [1.807, 2.05) is 23.1 Å². The molecule has 2 aliphatic heterocycles. The largest absolute Gasteiger partial charge is 0.337 e. The lowest BCUT2D eigenvalue weighted by Gasteiger charge is -2.24. The average molecular weight is 333 g/mol. The normalized spacial score (nSPS) is 23.8. The van der Waals surface area contributed by atoms with Crippen molar-refractivity contribution >= 4 is 29.3 Å². The Morgan fingerprint density at radius 2 is 2.17 bits per heavy atom. The maximum Gasteiger partial charge on any atom is 0.253 e. The van der Waals surface area contributed by atoms with Crippen LogP contribution in [0.1, 0.15) is 23.7 Å². The molecule has 0 aliphatic carbocycles. The van der Waals surface area contributed by atoms with Crippen LogP contribution in [-0.4, -0.2) is 60.6 Å². The van der Waals surface area contributed by atoms with Gasteiger partial charge in [0, 0.05) is 29.6 Å². The fourth-order valence-corrected chi connectivity index (χ4v) is 4.19. The highest BCUT2D eigenvalue weighted by Gasteiger charge is 2.35. The highest BCUT2D eigenvalue weighted by Crippen LogP contribution is 2.33. The Bertz CT molecular complexity index is 632. The molecule has 0 unspecified atom stereocenters. The fourth-order valence-electron chi connectivity index (χ4n) is 3.40. The zero-order valence-corrected chi connectivity index (χ0v) is 14.7. The second-order valence-corrected chi connectivity index (χ2v) is 7.47. The van der Waals surface area contributed by atoms with E-state index in [9.17, 15) is 9.59 Å². The van der Waals surface area contributed by atoms with E-state index in [-0.39, 0.29) is 11.8 Å². The predicted octanol–water partition coefficient (Wildman–Crippen LogP) is 2.14. The van der Waals surface area contributed by atoms with Gasteiger partial charge in [0.2, 0.25) is 5.91 Å². The van der Waals surface area contributed by atoms with Crippen molar-refractivity contribution in [2.24, 2.45) is 5.92 Å². The van der Waals surface area contributed by atoms with E-state index in [1.54, 1.807) is 0 Å². The second kappa shape index (κ2) is 6.53. The quantitative estimate of drug-likeness (QED) is 0.921. The van der Waals surface area contributed by atoms with Crippen LogP contribution in [0.15, 0.2) is 23.1 Å². The first-order valence-corrected chi connectivity index (χ1v) is 9.00. The lowest BCUT2D eigenvalue weighted by Crippen LogP contribution is -2.36. The van der Waals surface area contributed by atoms with Gasteiger partial charge in [0.25, 0.3) is 5.91 Å². The molecule has 1 fully saturated rings. The van der Waals surface area contributed by atoms with E-state index in [2.05, 4.69) is 31.2 Å². The molecule has 0 bridgehead atoms. The molecule has 1 N–H and O–H groups in total. The van der Waals surface area contributed by atoms with E-state index in [4.69, 9.17) is 0 Å². The minimum atomic E-state index is -0.00742. The molecule has 1 aromatic carbocycles. The van der Waals surface area contributed by atoms with Crippen LogP contribution in [0, 0.1) is 5.92 Å². The van der Waals surface area contributed by atoms with Gasteiger partial charge in [-0.05, 0) is 38.2 Å². The van der Waals surface area contributed by atoms with Gasteiger partial charge in [-0.1, -0.05) is 13.3 Å². The zero-order chi connectivity index (χ0) is 16.6. The molecule has 5 nitrogen and oxygen atoms in total. The summed E-state index contributed by atoms with van der Waals surface area (Å²) in [7, 11) is 4.15. The minimum Gasteiger partial charge on any atom is -0.337 e. The fraction of sp³-hybridized carbons (Fsp3) is 0.529. The Morgan fingerprint density at radius 1 is 1.39 bits per heavy atom. The number of fused-ring (bicyclic) bond motifs is 1. The molecule has 0 saturated carbocycles. The lowest BCUT2D eigenvalue weighted by atomic mass is 10.0. The van der Waals surface area contributed by atoms with Crippen LogP contribution < -0.4 is 5.32 Å². The van der Waals surface area contributed by atoms with Crippen LogP contribution in [0.2, 0.25) is 0 Å². The Labute approximate surface area is 141 Å². The van der Waals surface area contributed by atoms with E-state index < -0.39 is 0 Å². The maximum absolute atomic E-state index is 12.8. The number of carbonyl (C=O) groups excluding carboxylic acids is 2. The molecule has 124 valence electrons. The van der Waals surface area contributed by atoms with Crippen molar-refractivity contribution in [2.45, 2.75) is 24.3 Å². The summed E-state index contributed by atoms with van der Waals surface area (Å²) >= 11 is 1.51. The van der Waals surface area contributed by atoms with Gasteiger partial charge in [-0.2, -0.15) is 0 Å². The van der Waals surface area contributed by atoms with Crippen LogP contribution in [0.5, 0.6) is 0 Å². The summed E-state index contributed by atoms with van der Waals surface area (Å²) in [4.78, 5) is 29.5. The molecular weight excluding hydrogens is 310 g/mol. The molecule has 2 heterocycles. The number of nitrogens with one attached hydrogen (secondary N) is 1.